The maximum atomic E-state index is 12.6. The van der Waals surface area contributed by atoms with Gasteiger partial charge in [0.25, 0.3) is 5.91 Å². The van der Waals surface area contributed by atoms with Crippen LogP contribution < -0.4 is 0 Å². The van der Waals surface area contributed by atoms with Crippen molar-refractivity contribution in [2.45, 2.75) is 6.92 Å². The van der Waals surface area contributed by atoms with E-state index in [0.29, 0.717) is 11.4 Å². The molecular weight excluding hydrogens is 351 g/mol. The second kappa shape index (κ2) is 4.77. The Morgan fingerprint density at radius 3 is 2.74 bits per heavy atom. The van der Waals surface area contributed by atoms with Gasteiger partial charge in [-0.15, -0.1) is 0 Å². The van der Waals surface area contributed by atoms with Gasteiger partial charge in [0.1, 0.15) is 5.82 Å². The van der Waals surface area contributed by atoms with Crippen molar-refractivity contribution in [3.8, 4) is 0 Å². The summed E-state index contributed by atoms with van der Waals surface area (Å²) in [5.41, 5.74) is 2.38. The van der Waals surface area contributed by atoms with Gasteiger partial charge < -0.3 is 0 Å². The van der Waals surface area contributed by atoms with Crippen LogP contribution in [-0.4, -0.2) is 15.5 Å². The SMILES string of the molecule is Cc1nc2ccccc2n1C(=O)c1cccc(I)c1. The topological polar surface area (TPSA) is 34.9 Å². The standard InChI is InChI=1S/C15H11IN2O/c1-10-17-13-7-2-3-8-14(13)18(10)15(19)11-5-4-6-12(16)9-11/h2-9H,1H3. The lowest BCUT2D eigenvalue weighted by Crippen LogP contribution is -2.13. The van der Waals surface area contributed by atoms with Crippen LogP contribution in [0, 0.1) is 10.5 Å². The number of halogens is 1. The third-order valence-electron chi connectivity index (χ3n) is 3.00. The molecule has 3 nitrogen and oxygen atoms in total. The Morgan fingerprint density at radius 2 is 1.95 bits per heavy atom. The molecule has 94 valence electrons. The first-order chi connectivity index (χ1) is 9.16. The zero-order chi connectivity index (χ0) is 13.4. The molecular formula is C15H11IN2O. The Bertz CT molecular complexity index is 777. The number of fused-ring (bicyclic) bond motifs is 1. The summed E-state index contributed by atoms with van der Waals surface area (Å²) < 4.78 is 2.71. The molecule has 0 aliphatic carbocycles. The number of carbonyl (C=O) groups excluding carboxylic acids is 1. The fraction of sp³-hybridized carbons (Fsp3) is 0.0667. The Balaban J connectivity index is 2.19. The van der Waals surface area contributed by atoms with E-state index in [4.69, 9.17) is 0 Å². The van der Waals surface area contributed by atoms with Crippen molar-refractivity contribution < 1.29 is 4.79 Å². The summed E-state index contributed by atoms with van der Waals surface area (Å²) in [6.45, 7) is 1.85. The Hall–Kier alpha value is -1.69. The lowest BCUT2D eigenvalue weighted by molar-refractivity contribution is 0.0962. The molecule has 0 N–H and O–H groups in total. The number of aromatic nitrogens is 2. The monoisotopic (exact) mass is 362 g/mol. The number of carbonyl (C=O) groups is 1. The average Bonchev–Trinajstić information content (AvgIpc) is 2.74. The van der Waals surface area contributed by atoms with Crippen LogP contribution >= 0.6 is 22.6 Å². The van der Waals surface area contributed by atoms with Crippen molar-refractivity contribution in [2.24, 2.45) is 0 Å². The van der Waals surface area contributed by atoms with Gasteiger partial charge in [0, 0.05) is 9.13 Å². The molecule has 0 bridgehead atoms. The molecule has 0 aliphatic heterocycles. The molecule has 0 spiro atoms. The molecule has 1 aromatic heterocycles. The first-order valence-corrected chi connectivity index (χ1v) is 6.99. The van der Waals surface area contributed by atoms with Crippen molar-refractivity contribution in [1.29, 1.82) is 0 Å². The molecule has 0 aliphatic rings. The average molecular weight is 362 g/mol. The summed E-state index contributed by atoms with van der Waals surface area (Å²) in [6.07, 6.45) is 0. The van der Waals surface area contributed by atoms with Crippen LogP contribution in [0.3, 0.4) is 0 Å². The zero-order valence-electron chi connectivity index (χ0n) is 10.3. The minimum atomic E-state index is -0.0373. The summed E-state index contributed by atoms with van der Waals surface area (Å²) in [6, 6.07) is 15.3. The van der Waals surface area contributed by atoms with Crippen molar-refractivity contribution in [3.63, 3.8) is 0 Å². The molecule has 3 aromatic rings. The normalized spacial score (nSPS) is 10.8. The van der Waals surface area contributed by atoms with Gasteiger partial charge in [-0.05, 0) is 59.8 Å². The highest BCUT2D eigenvalue weighted by Crippen LogP contribution is 2.18. The summed E-state index contributed by atoms with van der Waals surface area (Å²) >= 11 is 2.21. The van der Waals surface area contributed by atoms with E-state index in [0.717, 1.165) is 14.6 Å². The Labute approximate surface area is 124 Å². The first-order valence-electron chi connectivity index (χ1n) is 5.91. The third-order valence-corrected chi connectivity index (χ3v) is 3.67. The molecule has 0 atom stereocenters. The summed E-state index contributed by atoms with van der Waals surface area (Å²) in [5, 5.41) is 0. The van der Waals surface area contributed by atoms with Crippen LogP contribution in [0.5, 0.6) is 0 Å². The molecule has 19 heavy (non-hydrogen) atoms. The van der Waals surface area contributed by atoms with E-state index >= 15 is 0 Å². The van der Waals surface area contributed by atoms with E-state index in [1.54, 1.807) is 4.57 Å². The van der Waals surface area contributed by atoms with Crippen LogP contribution in [0.2, 0.25) is 0 Å². The fourth-order valence-corrected chi connectivity index (χ4v) is 2.70. The summed E-state index contributed by atoms with van der Waals surface area (Å²) in [5.74, 6) is 0.676. The van der Waals surface area contributed by atoms with E-state index in [1.165, 1.54) is 0 Å². The highest BCUT2D eigenvalue weighted by molar-refractivity contribution is 14.1. The molecule has 0 saturated carbocycles. The van der Waals surface area contributed by atoms with Gasteiger partial charge in [-0.3, -0.25) is 9.36 Å². The zero-order valence-corrected chi connectivity index (χ0v) is 12.5. The molecule has 0 radical (unpaired) electrons. The van der Waals surface area contributed by atoms with Crippen molar-refractivity contribution in [1.82, 2.24) is 9.55 Å². The lowest BCUT2D eigenvalue weighted by Gasteiger charge is -2.05. The lowest BCUT2D eigenvalue weighted by atomic mass is 10.2. The largest absolute Gasteiger partial charge is 0.268 e. The van der Waals surface area contributed by atoms with E-state index < -0.39 is 0 Å². The number of rotatable bonds is 1. The van der Waals surface area contributed by atoms with Crippen molar-refractivity contribution in [2.75, 3.05) is 0 Å². The van der Waals surface area contributed by atoms with E-state index in [1.807, 2.05) is 55.5 Å². The first kappa shape index (κ1) is 12.3. The number of nitrogens with zero attached hydrogens (tertiary/aromatic N) is 2. The predicted octanol–water partition coefficient (Wildman–Crippen LogP) is 3.64. The number of imidazole rings is 1. The van der Waals surface area contributed by atoms with Gasteiger partial charge in [0.2, 0.25) is 0 Å². The molecule has 0 fully saturated rings. The third kappa shape index (κ3) is 2.16. The molecule has 4 heteroatoms. The van der Waals surface area contributed by atoms with Gasteiger partial charge in [-0.2, -0.15) is 0 Å². The van der Waals surface area contributed by atoms with Crippen LogP contribution in [-0.2, 0) is 0 Å². The van der Waals surface area contributed by atoms with Crippen LogP contribution in [0.15, 0.2) is 48.5 Å². The van der Waals surface area contributed by atoms with Gasteiger partial charge in [0.05, 0.1) is 11.0 Å². The van der Waals surface area contributed by atoms with Gasteiger partial charge in [-0.25, -0.2) is 4.98 Å². The van der Waals surface area contributed by atoms with Gasteiger partial charge in [0.15, 0.2) is 0 Å². The maximum Gasteiger partial charge on any atom is 0.263 e. The smallest absolute Gasteiger partial charge is 0.263 e. The van der Waals surface area contributed by atoms with E-state index in [-0.39, 0.29) is 5.91 Å². The summed E-state index contributed by atoms with van der Waals surface area (Å²) in [4.78, 5) is 17.0. The number of hydrogen-bond donors (Lipinski definition) is 0. The molecule has 2 aromatic carbocycles. The van der Waals surface area contributed by atoms with E-state index in [9.17, 15) is 4.79 Å². The molecule has 0 unspecified atom stereocenters. The molecule has 0 amide bonds. The summed E-state index contributed by atoms with van der Waals surface area (Å²) in [7, 11) is 0. The highest BCUT2D eigenvalue weighted by Gasteiger charge is 2.15. The Morgan fingerprint density at radius 1 is 1.16 bits per heavy atom. The minimum Gasteiger partial charge on any atom is -0.268 e. The predicted molar refractivity (Wildman–Crippen MR) is 83.4 cm³/mol. The number of aryl methyl sites for hydroxylation is 1. The van der Waals surface area contributed by atoms with Crippen molar-refractivity contribution >= 4 is 39.5 Å². The number of para-hydroxylation sites is 2. The van der Waals surface area contributed by atoms with Crippen molar-refractivity contribution in [3.05, 3.63) is 63.5 Å². The maximum absolute atomic E-state index is 12.6. The minimum absolute atomic E-state index is 0.0373. The van der Waals surface area contributed by atoms with Crippen LogP contribution in [0.25, 0.3) is 11.0 Å². The van der Waals surface area contributed by atoms with Gasteiger partial charge in [-0.1, -0.05) is 18.2 Å². The molecule has 0 saturated heterocycles. The van der Waals surface area contributed by atoms with E-state index in [2.05, 4.69) is 27.6 Å². The van der Waals surface area contributed by atoms with Crippen LogP contribution in [0.4, 0.5) is 0 Å². The molecule has 1 heterocycles. The number of hydrogen-bond acceptors (Lipinski definition) is 2. The second-order valence-corrected chi connectivity index (χ2v) is 5.54. The number of benzene rings is 2. The van der Waals surface area contributed by atoms with Gasteiger partial charge >= 0.3 is 0 Å². The molecule has 3 rings (SSSR count). The highest BCUT2D eigenvalue weighted by atomic mass is 127. The Kier molecular flexibility index (Phi) is 3.10. The quantitative estimate of drug-likeness (QED) is 0.620. The fourth-order valence-electron chi connectivity index (χ4n) is 2.15. The second-order valence-electron chi connectivity index (χ2n) is 4.30. The van der Waals surface area contributed by atoms with Crippen LogP contribution in [0.1, 0.15) is 16.2 Å².